The molecule has 0 saturated heterocycles. The van der Waals surface area contributed by atoms with E-state index >= 15 is 0 Å². The van der Waals surface area contributed by atoms with Crippen LogP contribution in [-0.2, 0) is 0 Å². The number of nitrogens with two attached hydrogens (primary N) is 1. The lowest BCUT2D eigenvalue weighted by atomic mass is 10.0. The van der Waals surface area contributed by atoms with Gasteiger partial charge in [-0.2, -0.15) is 0 Å². The van der Waals surface area contributed by atoms with E-state index in [9.17, 15) is 14.9 Å². The minimum atomic E-state index is -0.526. The van der Waals surface area contributed by atoms with Crippen molar-refractivity contribution in [3.8, 4) is 0 Å². The zero-order chi connectivity index (χ0) is 15.6. The second kappa shape index (κ2) is 5.88. The van der Waals surface area contributed by atoms with Crippen molar-refractivity contribution in [1.82, 2.24) is 9.97 Å². The molecule has 0 aliphatic heterocycles. The van der Waals surface area contributed by atoms with Gasteiger partial charge in [0.2, 0.25) is 0 Å². The van der Waals surface area contributed by atoms with E-state index in [1.54, 1.807) is 0 Å². The Morgan fingerprint density at radius 2 is 2.19 bits per heavy atom. The average molecular weight is 291 g/mol. The van der Waals surface area contributed by atoms with Gasteiger partial charge in [0.1, 0.15) is 5.69 Å². The van der Waals surface area contributed by atoms with E-state index in [1.807, 2.05) is 13.8 Å². The van der Waals surface area contributed by atoms with Crippen LogP contribution >= 0.6 is 0 Å². The van der Waals surface area contributed by atoms with Crippen LogP contribution in [0.1, 0.15) is 13.8 Å². The molecule has 1 heterocycles. The highest BCUT2D eigenvalue weighted by Crippen LogP contribution is 2.29. The molecule has 2 aromatic rings. The first-order valence-corrected chi connectivity index (χ1v) is 6.56. The SMILES string of the molecule is CC(C)C(CN)Nc1cc2nc[nH]c(=O)c2cc1[N+](=O)[O-]. The van der Waals surface area contributed by atoms with E-state index in [1.165, 1.54) is 18.5 Å². The number of H-pyrrole nitrogens is 1. The van der Waals surface area contributed by atoms with Crippen molar-refractivity contribution in [2.45, 2.75) is 19.9 Å². The predicted molar refractivity (Wildman–Crippen MR) is 80.3 cm³/mol. The first-order chi connectivity index (χ1) is 9.93. The zero-order valence-corrected chi connectivity index (χ0v) is 11.8. The molecule has 0 spiro atoms. The number of aromatic amines is 1. The number of hydrogen-bond donors (Lipinski definition) is 3. The van der Waals surface area contributed by atoms with Crippen molar-refractivity contribution in [1.29, 1.82) is 0 Å². The standard InChI is InChI=1S/C13H17N5O3/c1-7(2)11(5-14)17-10-4-9-8(3-12(10)18(20)21)13(19)16-6-15-9/h3-4,6-7,11,17H,5,14H2,1-2H3,(H,15,16,19). The molecule has 21 heavy (non-hydrogen) atoms. The monoisotopic (exact) mass is 291 g/mol. The maximum Gasteiger partial charge on any atom is 0.293 e. The van der Waals surface area contributed by atoms with Crippen LogP contribution in [0.3, 0.4) is 0 Å². The number of fused-ring (bicyclic) bond motifs is 1. The second-order valence-corrected chi connectivity index (χ2v) is 5.11. The minimum absolute atomic E-state index is 0.108. The summed E-state index contributed by atoms with van der Waals surface area (Å²) in [6.45, 7) is 4.29. The maximum absolute atomic E-state index is 11.7. The number of nitrogens with one attached hydrogen (secondary N) is 2. The van der Waals surface area contributed by atoms with Crippen LogP contribution < -0.4 is 16.6 Å². The molecule has 1 aromatic carbocycles. The van der Waals surface area contributed by atoms with Crippen molar-refractivity contribution >= 4 is 22.3 Å². The van der Waals surface area contributed by atoms with Crippen LogP contribution in [-0.4, -0.2) is 27.5 Å². The van der Waals surface area contributed by atoms with Crippen LogP contribution in [0.4, 0.5) is 11.4 Å². The van der Waals surface area contributed by atoms with Crippen molar-refractivity contribution < 1.29 is 4.92 Å². The molecule has 8 heteroatoms. The number of aromatic nitrogens is 2. The Balaban J connectivity index is 2.58. The number of benzene rings is 1. The van der Waals surface area contributed by atoms with Gasteiger partial charge in [0.15, 0.2) is 0 Å². The van der Waals surface area contributed by atoms with Gasteiger partial charge >= 0.3 is 0 Å². The Morgan fingerprint density at radius 1 is 1.48 bits per heavy atom. The molecule has 0 saturated carbocycles. The summed E-state index contributed by atoms with van der Waals surface area (Å²) in [6.07, 6.45) is 1.27. The minimum Gasteiger partial charge on any atom is -0.375 e. The molecular weight excluding hydrogens is 274 g/mol. The molecule has 0 bridgehead atoms. The molecule has 0 amide bonds. The van der Waals surface area contributed by atoms with Gasteiger partial charge < -0.3 is 16.0 Å². The van der Waals surface area contributed by atoms with Crippen LogP contribution in [0.2, 0.25) is 0 Å². The summed E-state index contributed by atoms with van der Waals surface area (Å²) in [6, 6.07) is 2.63. The van der Waals surface area contributed by atoms with Gasteiger partial charge in [-0.3, -0.25) is 14.9 Å². The third kappa shape index (κ3) is 3.00. The molecule has 1 atom stereocenters. The summed E-state index contributed by atoms with van der Waals surface area (Å²) >= 11 is 0. The number of nitro groups is 1. The fraction of sp³-hybridized carbons (Fsp3) is 0.385. The lowest BCUT2D eigenvalue weighted by Crippen LogP contribution is -2.33. The van der Waals surface area contributed by atoms with E-state index in [2.05, 4.69) is 15.3 Å². The largest absolute Gasteiger partial charge is 0.375 e. The van der Waals surface area contributed by atoms with Gasteiger partial charge in [0.05, 0.1) is 22.2 Å². The normalized spacial score (nSPS) is 12.6. The van der Waals surface area contributed by atoms with Gasteiger partial charge in [-0.25, -0.2) is 4.98 Å². The van der Waals surface area contributed by atoms with Crippen LogP contribution in [0.15, 0.2) is 23.3 Å². The van der Waals surface area contributed by atoms with Crippen molar-refractivity contribution in [3.05, 3.63) is 38.9 Å². The molecule has 1 unspecified atom stereocenters. The summed E-state index contributed by atoms with van der Waals surface area (Å²) < 4.78 is 0. The third-order valence-electron chi connectivity index (χ3n) is 3.35. The highest BCUT2D eigenvalue weighted by atomic mass is 16.6. The average Bonchev–Trinajstić information content (AvgIpc) is 2.43. The van der Waals surface area contributed by atoms with E-state index in [4.69, 9.17) is 5.73 Å². The Hall–Kier alpha value is -2.48. The smallest absolute Gasteiger partial charge is 0.293 e. The molecule has 1 aromatic heterocycles. The molecule has 0 aliphatic carbocycles. The second-order valence-electron chi connectivity index (χ2n) is 5.11. The molecule has 0 aliphatic rings. The summed E-state index contributed by atoms with van der Waals surface area (Å²) in [4.78, 5) is 28.8. The maximum atomic E-state index is 11.7. The molecule has 8 nitrogen and oxygen atoms in total. The first-order valence-electron chi connectivity index (χ1n) is 6.56. The Morgan fingerprint density at radius 3 is 2.76 bits per heavy atom. The van der Waals surface area contributed by atoms with Gasteiger partial charge in [-0.05, 0) is 12.0 Å². The molecular formula is C13H17N5O3. The molecule has 0 radical (unpaired) electrons. The summed E-state index contributed by atoms with van der Waals surface area (Å²) in [5.41, 5.74) is 5.82. The quantitative estimate of drug-likeness (QED) is 0.561. The summed E-state index contributed by atoms with van der Waals surface area (Å²) in [5, 5.41) is 14.5. The van der Waals surface area contributed by atoms with Gasteiger partial charge in [-0.15, -0.1) is 0 Å². The number of nitro benzene ring substituents is 1. The number of nitrogens with zero attached hydrogens (tertiary/aromatic N) is 2. The number of anilines is 1. The third-order valence-corrected chi connectivity index (χ3v) is 3.35. The Labute approximate surface area is 120 Å². The highest BCUT2D eigenvalue weighted by molar-refractivity contribution is 5.86. The summed E-state index contributed by atoms with van der Waals surface area (Å²) in [5.74, 6) is 0.206. The first kappa shape index (κ1) is 14.9. The van der Waals surface area contributed by atoms with Crippen LogP contribution in [0, 0.1) is 16.0 Å². The van der Waals surface area contributed by atoms with Crippen LogP contribution in [0.5, 0.6) is 0 Å². The number of hydrogen-bond acceptors (Lipinski definition) is 6. The summed E-state index contributed by atoms with van der Waals surface area (Å²) in [7, 11) is 0. The fourth-order valence-electron chi connectivity index (χ4n) is 2.07. The van der Waals surface area contributed by atoms with E-state index in [0.29, 0.717) is 17.7 Å². The molecule has 4 N–H and O–H groups in total. The molecule has 112 valence electrons. The Kier molecular flexibility index (Phi) is 4.18. The predicted octanol–water partition coefficient (Wildman–Crippen LogP) is 1.23. The Bertz CT molecular complexity index is 725. The van der Waals surface area contributed by atoms with Crippen LogP contribution in [0.25, 0.3) is 10.9 Å². The van der Waals surface area contributed by atoms with Gasteiger partial charge in [-0.1, -0.05) is 13.8 Å². The molecule has 0 fully saturated rings. The zero-order valence-electron chi connectivity index (χ0n) is 11.8. The van der Waals surface area contributed by atoms with E-state index < -0.39 is 10.5 Å². The van der Waals surface area contributed by atoms with Crippen molar-refractivity contribution in [2.24, 2.45) is 11.7 Å². The highest BCUT2D eigenvalue weighted by Gasteiger charge is 2.20. The van der Waals surface area contributed by atoms with Gasteiger partial charge in [0, 0.05) is 18.7 Å². The molecule has 2 rings (SSSR count). The van der Waals surface area contributed by atoms with E-state index in [-0.39, 0.29) is 23.0 Å². The van der Waals surface area contributed by atoms with E-state index in [0.717, 1.165) is 0 Å². The number of rotatable bonds is 5. The lowest BCUT2D eigenvalue weighted by Gasteiger charge is -2.21. The van der Waals surface area contributed by atoms with Gasteiger partial charge in [0.25, 0.3) is 11.2 Å². The lowest BCUT2D eigenvalue weighted by molar-refractivity contribution is -0.383. The topological polar surface area (TPSA) is 127 Å². The van der Waals surface area contributed by atoms with Crippen molar-refractivity contribution in [2.75, 3.05) is 11.9 Å². The van der Waals surface area contributed by atoms with Crippen molar-refractivity contribution in [3.63, 3.8) is 0 Å². The fourth-order valence-corrected chi connectivity index (χ4v) is 2.07.